The van der Waals surface area contributed by atoms with Gasteiger partial charge >= 0.3 is 0 Å². The molecule has 1 saturated heterocycles. The Morgan fingerprint density at radius 3 is 2.96 bits per heavy atom. The van der Waals surface area contributed by atoms with Crippen LogP contribution in [-0.4, -0.2) is 49.0 Å². The number of nitrogens with one attached hydrogen (secondary N) is 1. The number of carbonyl (C=O) groups is 1. The lowest BCUT2D eigenvalue weighted by atomic mass is 9.89. The second-order valence-electron chi connectivity index (χ2n) is 7.28. The molecule has 0 spiro atoms. The normalized spacial score (nSPS) is 20.8. The Hall–Kier alpha value is -2.67. The number of H-pyrrole nitrogens is 1. The lowest BCUT2D eigenvalue weighted by Gasteiger charge is -2.38. The number of nitrogens with zero attached hydrogens (tertiary/aromatic N) is 4. The van der Waals surface area contributed by atoms with E-state index >= 15 is 0 Å². The number of aliphatic hydroxyl groups is 1. The van der Waals surface area contributed by atoms with E-state index in [2.05, 4.69) is 15.3 Å². The molecule has 7 nitrogen and oxygen atoms in total. The van der Waals surface area contributed by atoms with Crippen molar-refractivity contribution in [2.75, 3.05) is 13.1 Å². The summed E-state index contributed by atoms with van der Waals surface area (Å²) in [5.74, 6) is -0.0652. The van der Waals surface area contributed by atoms with Gasteiger partial charge in [-0.2, -0.15) is 0 Å². The Kier molecular flexibility index (Phi) is 4.03. The molecule has 1 fully saturated rings. The molecule has 1 unspecified atom stereocenters. The molecule has 0 saturated carbocycles. The standard InChI is InChI=1S/C19H23N5O2/c1-13(2)24-11-17(21-22-24)19(26)8-4-10-23(12-19)18(25)15-5-3-6-16-14(15)7-9-20-16/h3,5-7,9,11,13,20,26H,4,8,10,12H2,1-2H3. The summed E-state index contributed by atoms with van der Waals surface area (Å²) in [5.41, 5.74) is 0.956. The number of rotatable bonds is 3. The van der Waals surface area contributed by atoms with Crippen molar-refractivity contribution in [2.45, 2.75) is 38.3 Å². The van der Waals surface area contributed by atoms with Crippen LogP contribution < -0.4 is 0 Å². The molecular formula is C19H23N5O2. The third-order valence-electron chi connectivity index (χ3n) is 5.10. The minimum Gasteiger partial charge on any atom is -0.382 e. The van der Waals surface area contributed by atoms with E-state index in [1.54, 1.807) is 15.8 Å². The molecule has 1 amide bonds. The minimum atomic E-state index is -1.16. The molecule has 26 heavy (non-hydrogen) atoms. The van der Waals surface area contributed by atoms with Crippen molar-refractivity contribution in [1.82, 2.24) is 24.9 Å². The van der Waals surface area contributed by atoms with Crippen LogP contribution in [0.1, 0.15) is 48.8 Å². The van der Waals surface area contributed by atoms with E-state index in [-0.39, 0.29) is 18.5 Å². The number of amides is 1. The SMILES string of the molecule is CC(C)n1cc(C2(O)CCCN(C(=O)c3cccc4[nH]ccc34)C2)nn1. The Balaban J connectivity index is 1.61. The highest BCUT2D eigenvalue weighted by molar-refractivity contribution is 6.06. The molecule has 0 bridgehead atoms. The molecule has 1 aliphatic rings. The van der Waals surface area contributed by atoms with E-state index in [0.29, 0.717) is 24.2 Å². The second kappa shape index (κ2) is 6.25. The second-order valence-corrected chi connectivity index (χ2v) is 7.28. The molecule has 7 heteroatoms. The summed E-state index contributed by atoms with van der Waals surface area (Å²) >= 11 is 0. The predicted molar refractivity (Wildman–Crippen MR) is 97.7 cm³/mol. The van der Waals surface area contributed by atoms with Crippen molar-refractivity contribution in [3.63, 3.8) is 0 Å². The summed E-state index contributed by atoms with van der Waals surface area (Å²) in [5, 5.41) is 20.3. The molecule has 2 aromatic heterocycles. The van der Waals surface area contributed by atoms with Crippen LogP contribution >= 0.6 is 0 Å². The van der Waals surface area contributed by atoms with Crippen molar-refractivity contribution in [3.05, 3.63) is 47.9 Å². The van der Waals surface area contributed by atoms with Gasteiger partial charge in [-0.05, 0) is 44.9 Å². The molecule has 136 valence electrons. The molecule has 2 N–H and O–H groups in total. The number of likely N-dealkylation sites (tertiary alicyclic amines) is 1. The number of carbonyl (C=O) groups excluding carboxylic acids is 1. The van der Waals surface area contributed by atoms with Crippen molar-refractivity contribution in [3.8, 4) is 0 Å². The van der Waals surface area contributed by atoms with Gasteiger partial charge in [0.15, 0.2) is 0 Å². The maximum Gasteiger partial charge on any atom is 0.254 e. The van der Waals surface area contributed by atoms with Gasteiger partial charge in [-0.3, -0.25) is 4.79 Å². The fourth-order valence-corrected chi connectivity index (χ4v) is 3.60. The molecule has 1 aromatic carbocycles. The Morgan fingerprint density at radius 1 is 1.35 bits per heavy atom. The fourth-order valence-electron chi connectivity index (χ4n) is 3.60. The third kappa shape index (κ3) is 2.78. The van der Waals surface area contributed by atoms with Gasteiger partial charge < -0.3 is 15.0 Å². The smallest absolute Gasteiger partial charge is 0.254 e. The van der Waals surface area contributed by atoms with Crippen molar-refractivity contribution < 1.29 is 9.90 Å². The van der Waals surface area contributed by atoms with Crippen LogP contribution in [0.15, 0.2) is 36.7 Å². The van der Waals surface area contributed by atoms with Crippen molar-refractivity contribution in [2.24, 2.45) is 0 Å². The van der Waals surface area contributed by atoms with E-state index in [9.17, 15) is 9.90 Å². The number of hydrogen-bond acceptors (Lipinski definition) is 4. The number of piperidine rings is 1. The molecular weight excluding hydrogens is 330 g/mol. The minimum absolute atomic E-state index is 0.0652. The molecule has 0 radical (unpaired) electrons. The number of β-amino-alcohol motifs (C(OH)–C–C–N with tert-alkyl or cyclic N) is 1. The molecule has 4 rings (SSSR count). The van der Waals surface area contributed by atoms with Gasteiger partial charge in [-0.1, -0.05) is 11.3 Å². The Morgan fingerprint density at radius 2 is 2.19 bits per heavy atom. The quantitative estimate of drug-likeness (QED) is 0.757. The third-order valence-corrected chi connectivity index (χ3v) is 5.10. The first-order chi connectivity index (χ1) is 12.5. The molecule has 1 atom stereocenters. The summed E-state index contributed by atoms with van der Waals surface area (Å²) < 4.78 is 1.73. The lowest BCUT2D eigenvalue weighted by Crippen LogP contribution is -2.48. The highest BCUT2D eigenvalue weighted by Gasteiger charge is 2.39. The van der Waals surface area contributed by atoms with E-state index in [0.717, 1.165) is 17.3 Å². The van der Waals surface area contributed by atoms with Crippen LogP contribution in [0.4, 0.5) is 0 Å². The van der Waals surface area contributed by atoms with E-state index in [4.69, 9.17) is 0 Å². The van der Waals surface area contributed by atoms with Gasteiger partial charge in [0.2, 0.25) is 0 Å². The van der Waals surface area contributed by atoms with Gasteiger partial charge in [-0.15, -0.1) is 5.10 Å². The topological polar surface area (TPSA) is 87.0 Å². The van der Waals surface area contributed by atoms with Gasteiger partial charge in [0.25, 0.3) is 5.91 Å². The summed E-state index contributed by atoms with van der Waals surface area (Å²) in [4.78, 5) is 18.0. The first-order valence-corrected chi connectivity index (χ1v) is 8.98. The lowest BCUT2D eigenvalue weighted by molar-refractivity contribution is -0.0320. The van der Waals surface area contributed by atoms with Crippen LogP contribution in [0.5, 0.6) is 0 Å². The van der Waals surface area contributed by atoms with E-state index < -0.39 is 5.60 Å². The van der Waals surface area contributed by atoms with Gasteiger partial charge in [0.05, 0.1) is 12.7 Å². The van der Waals surface area contributed by atoms with E-state index in [1.165, 1.54) is 0 Å². The first kappa shape index (κ1) is 16.8. The number of aromatic amines is 1. The predicted octanol–water partition coefficient (Wildman–Crippen LogP) is 2.46. The van der Waals surface area contributed by atoms with Crippen LogP contribution in [0.3, 0.4) is 0 Å². The van der Waals surface area contributed by atoms with Crippen LogP contribution in [0, 0.1) is 0 Å². The van der Waals surface area contributed by atoms with Gasteiger partial charge in [0, 0.05) is 35.2 Å². The van der Waals surface area contributed by atoms with Crippen LogP contribution in [0.25, 0.3) is 10.9 Å². The maximum absolute atomic E-state index is 13.1. The van der Waals surface area contributed by atoms with Gasteiger partial charge in [-0.25, -0.2) is 4.68 Å². The summed E-state index contributed by atoms with van der Waals surface area (Å²) in [7, 11) is 0. The highest BCUT2D eigenvalue weighted by atomic mass is 16.3. The summed E-state index contributed by atoms with van der Waals surface area (Å²) in [6, 6.07) is 7.74. The van der Waals surface area contributed by atoms with Gasteiger partial charge in [0.1, 0.15) is 11.3 Å². The number of hydrogen-bond donors (Lipinski definition) is 2. The van der Waals surface area contributed by atoms with E-state index in [1.807, 2.05) is 44.3 Å². The fraction of sp³-hybridized carbons (Fsp3) is 0.421. The average Bonchev–Trinajstić information content (AvgIpc) is 3.30. The average molecular weight is 353 g/mol. The number of aromatic nitrogens is 4. The highest BCUT2D eigenvalue weighted by Crippen LogP contribution is 2.32. The summed E-state index contributed by atoms with van der Waals surface area (Å²) in [6.07, 6.45) is 4.91. The molecule has 1 aliphatic heterocycles. The number of fused-ring (bicyclic) bond motifs is 1. The zero-order valence-corrected chi connectivity index (χ0v) is 15.0. The maximum atomic E-state index is 13.1. The molecule has 0 aliphatic carbocycles. The van der Waals surface area contributed by atoms with Crippen molar-refractivity contribution in [1.29, 1.82) is 0 Å². The van der Waals surface area contributed by atoms with Crippen molar-refractivity contribution >= 4 is 16.8 Å². The zero-order chi connectivity index (χ0) is 18.3. The monoisotopic (exact) mass is 353 g/mol. The van der Waals surface area contributed by atoms with Crippen LogP contribution in [0.2, 0.25) is 0 Å². The molecule has 3 heterocycles. The Labute approximate surface area is 151 Å². The largest absolute Gasteiger partial charge is 0.382 e. The summed E-state index contributed by atoms with van der Waals surface area (Å²) in [6.45, 7) is 4.87. The zero-order valence-electron chi connectivity index (χ0n) is 15.0. The van der Waals surface area contributed by atoms with Crippen LogP contribution in [-0.2, 0) is 5.60 Å². The first-order valence-electron chi connectivity index (χ1n) is 8.98. The Bertz CT molecular complexity index is 944. The number of benzene rings is 1. The molecule has 3 aromatic rings.